The van der Waals surface area contributed by atoms with Crippen LogP contribution in [-0.2, 0) is 78.0 Å². The number of rotatable bonds is 43. The van der Waals surface area contributed by atoms with Crippen molar-refractivity contribution in [3.05, 3.63) is 59.7 Å². The van der Waals surface area contributed by atoms with Gasteiger partial charge in [0.15, 0.2) is 6.61 Å². The molecule has 2 aromatic carbocycles. The summed E-state index contributed by atoms with van der Waals surface area (Å²) in [6.45, 7) is 2.44. The number of nitrogens with two attached hydrogens (primary N) is 1. The SMILES string of the molecule is NCC(=O)NCC(=O)N[C@@H](CC1C=Nc2ccccc21)C(=O)N[C@@H](Cc1ccc(O)cc1)C(=O)N[C@@H](CO)C(=O)N[C@@H](CCCNC(=O)CCOCCOCCOCCOCCOCCOCCNC(=O)CO[NH3+])C(=O)O. The van der Waals surface area contributed by atoms with E-state index in [-0.39, 0.29) is 89.2 Å². The van der Waals surface area contributed by atoms with Crippen molar-refractivity contribution >= 4 is 59.2 Å². The quantitative estimate of drug-likeness (QED) is 0.0220. The molecule has 0 saturated heterocycles. The Morgan fingerprint density at radius 2 is 1.16 bits per heavy atom. The predicted octanol–water partition coefficient (Wildman–Crippen LogP) is -4.41. The van der Waals surface area contributed by atoms with Gasteiger partial charge >= 0.3 is 5.97 Å². The van der Waals surface area contributed by atoms with E-state index in [9.17, 15) is 53.7 Å². The van der Waals surface area contributed by atoms with Gasteiger partial charge in [0.25, 0.3) is 5.91 Å². The average Bonchev–Trinajstić information content (AvgIpc) is 3.83. The number of phenols is 1. The lowest BCUT2D eigenvalue weighted by Gasteiger charge is -2.26. The molecule has 15 N–H and O–H groups in total. The fourth-order valence-electron chi connectivity index (χ4n) is 7.08. The summed E-state index contributed by atoms with van der Waals surface area (Å²) in [4.78, 5) is 111. The van der Waals surface area contributed by atoms with Gasteiger partial charge in [0.05, 0.1) is 105 Å². The molecule has 0 fully saturated rings. The maximum atomic E-state index is 14.1. The van der Waals surface area contributed by atoms with Crippen LogP contribution in [0.2, 0.25) is 0 Å². The largest absolute Gasteiger partial charge is 0.508 e. The molecule has 3 rings (SSSR count). The number of carbonyl (C=O) groups is 8. The molecular weight excluding hydrogens is 1020 g/mol. The number of carboxylic acid groups (broad SMARTS) is 1. The van der Waals surface area contributed by atoms with Gasteiger partial charge in [-0.05, 0) is 48.6 Å². The molecule has 428 valence electrons. The van der Waals surface area contributed by atoms with Gasteiger partial charge in [-0.3, -0.25) is 38.6 Å². The number of aliphatic hydroxyl groups is 1. The first-order valence-electron chi connectivity index (χ1n) is 25.0. The van der Waals surface area contributed by atoms with Crippen molar-refractivity contribution in [2.45, 2.75) is 62.2 Å². The van der Waals surface area contributed by atoms with Crippen LogP contribution < -0.4 is 48.8 Å². The lowest BCUT2D eigenvalue weighted by Crippen LogP contribution is -2.59. The predicted molar refractivity (Wildman–Crippen MR) is 272 cm³/mol. The molecule has 7 amide bonds. The number of hydrogen-bond donors (Lipinski definition) is 12. The molecule has 1 aliphatic rings. The third-order valence-corrected chi connectivity index (χ3v) is 11.1. The van der Waals surface area contributed by atoms with Crippen molar-refractivity contribution in [3.63, 3.8) is 0 Å². The molecule has 0 saturated carbocycles. The van der Waals surface area contributed by atoms with Crippen molar-refractivity contribution in [3.8, 4) is 5.75 Å². The Balaban J connectivity index is 1.36. The van der Waals surface area contributed by atoms with Crippen molar-refractivity contribution in [1.82, 2.24) is 37.2 Å². The summed E-state index contributed by atoms with van der Waals surface area (Å²) in [5, 5.41) is 47.5. The Bertz CT molecular complexity index is 2160. The third kappa shape index (κ3) is 27.8. The van der Waals surface area contributed by atoms with Gasteiger partial charge in [0.2, 0.25) is 35.4 Å². The van der Waals surface area contributed by atoms with E-state index in [0.29, 0.717) is 77.3 Å². The van der Waals surface area contributed by atoms with Crippen LogP contribution in [0.1, 0.15) is 42.7 Å². The number of aliphatic imine (C=N–C) groups is 1. The zero-order valence-corrected chi connectivity index (χ0v) is 43.0. The van der Waals surface area contributed by atoms with E-state index in [2.05, 4.69) is 52.9 Å². The first kappa shape index (κ1) is 64.6. The number of carbonyl (C=O) groups excluding carboxylic acids is 7. The number of quaternary nitrogens is 1. The molecule has 1 aliphatic heterocycles. The molecule has 1 heterocycles. The Morgan fingerprint density at radius 1 is 0.610 bits per heavy atom. The maximum Gasteiger partial charge on any atom is 0.326 e. The number of aromatic hydroxyl groups is 1. The van der Waals surface area contributed by atoms with E-state index < -0.39 is 78.7 Å². The zero-order chi connectivity index (χ0) is 56.0. The number of amides is 7. The number of hydrogen-bond acceptors (Lipinski definition) is 19. The van der Waals surface area contributed by atoms with Gasteiger partial charge in [-0.25, -0.2) is 10.7 Å². The lowest BCUT2D eigenvalue weighted by molar-refractivity contribution is -0.685. The first-order valence-corrected chi connectivity index (χ1v) is 25.0. The summed E-state index contributed by atoms with van der Waals surface area (Å²) in [5.74, 6) is -3.58. The highest BCUT2D eigenvalue weighted by Gasteiger charge is 2.33. The number of benzene rings is 2. The second kappa shape index (κ2) is 38.8. The minimum atomic E-state index is -1.68. The Labute approximate surface area is 445 Å². The number of phenolic OH excluding ortho intramolecular Hbond substituents is 1. The van der Waals surface area contributed by atoms with Crippen LogP contribution >= 0.6 is 0 Å². The number of carboxylic acids is 1. The smallest absolute Gasteiger partial charge is 0.326 e. The molecule has 5 atom stereocenters. The number of para-hydroxylation sites is 1. The van der Waals surface area contributed by atoms with E-state index in [1.165, 1.54) is 24.3 Å². The lowest BCUT2D eigenvalue weighted by atomic mass is 9.93. The summed E-state index contributed by atoms with van der Waals surface area (Å²) in [6.07, 6.45) is 1.43. The number of nitrogens with one attached hydrogen (secondary N) is 7. The number of aliphatic hydroxyl groups excluding tert-OH is 1. The molecule has 0 radical (unpaired) electrons. The van der Waals surface area contributed by atoms with Gasteiger partial charge < -0.3 is 86.7 Å². The second-order valence-electron chi connectivity index (χ2n) is 17.0. The van der Waals surface area contributed by atoms with Crippen molar-refractivity contribution in [2.24, 2.45) is 10.7 Å². The highest BCUT2D eigenvalue weighted by Crippen LogP contribution is 2.34. The molecule has 28 nitrogen and oxygen atoms in total. The Morgan fingerprint density at radius 3 is 1.75 bits per heavy atom. The van der Waals surface area contributed by atoms with Crippen LogP contribution in [0.15, 0.2) is 53.5 Å². The van der Waals surface area contributed by atoms with Gasteiger partial charge in [0, 0.05) is 38.1 Å². The fraction of sp³-hybridized carbons (Fsp3) is 0.571. The summed E-state index contributed by atoms with van der Waals surface area (Å²) in [6, 6.07) is 6.98. The normalized spacial score (nSPS) is 14.0. The van der Waals surface area contributed by atoms with Crippen LogP contribution in [0.25, 0.3) is 0 Å². The number of aliphatic carboxylic acids is 1. The van der Waals surface area contributed by atoms with Crippen LogP contribution in [0.4, 0.5) is 5.69 Å². The first-order chi connectivity index (χ1) is 37.2. The van der Waals surface area contributed by atoms with E-state index in [1.807, 2.05) is 6.07 Å². The van der Waals surface area contributed by atoms with E-state index in [4.69, 9.17) is 34.2 Å². The molecule has 28 heteroatoms. The monoisotopic (exact) mass is 1090 g/mol. The van der Waals surface area contributed by atoms with Gasteiger partial charge in [-0.1, -0.05) is 30.3 Å². The van der Waals surface area contributed by atoms with Crippen LogP contribution in [0, 0.1) is 0 Å². The van der Waals surface area contributed by atoms with Gasteiger partial charge in [-0.2, -0.15) is 4.84 Å². The van der Waals surface area contributed by atoms with Crippen LogP contribution in [0.5, 0.6) is 5.75 Å². The minimum absolute atomic E-state index is 0.0135. The summed E-state index contributed by atoms with van der Waals surface area (Å²) in [5.41, 5.74) is 7.25. The third-order valence-electron chi connectivity index (χ3n) is 11.1. The topological polar surface area (TPSA) is 412 Å². The number of ether oxygens (including phenoxy) is 6. The van der Waals surface area contributed by atoms with Crippen molar-refractivity contribution < 1.29 is 92.8 Å². The molecule has 77 heavy (non-hydrogen) atoms. The molecule has 1 unspecified atom stereocenters. The number of fused-ring (bicyclic) bond motifs is 1. The molecule has 0 aliphatic carbocycles. The zero-order valence-electron chi connectivity index (χ0n) is 43.0. The molecule has 0 bridgehead atoms. The molecule has 0 aromatic heterocycles. The summed E-state index contributed by atoms with van der Waals surface area (Å²) >= 11 is 0. The minimum Gasteiger partial charge on any atom is -0.508 e. The fourth-order valence-corrected chi connectivity index (χ4v) is 7.08. The van der Waals surface area contributed by atoms with E-state index in [1.54, 1.807) is 24.4 Å². The molecule has 2 aromatic rings. The van der Waals surface area contributed by atoms with Crippen LogP contribution in [-0.4, -0.2) is 212 Å². The van der Waals surface area contributed by atoms with Crippen LogP contribution in [0.3, 0.4) is 0 Å². The average molecular weight is 1090 g/mol. The van der Waals surface area contributed by atoms with Gasteiger partial charge in [-0.15, -0.1) is 0 Å². The summed E-state index contributed by atoms with van der Waals surface area (Å²) in [7, 11) is 0. The standard InChI is InChI=1S/C49H74N10O18/c50-28-43(63)55-30-44(64)56-40(27-34-29-54-37-5-2-1-4-36(34)37)47(67)58-39(26-33-7-9-35(61)10-8-33)46(66)59-41(31-60)48(68)57-38(49(69)70)6-3-12-52-42(62)11-14-71-16-18-73-20-22-75-24-25-76-23-21-74-19-17-72-15-13-53-45(65)32-77-51/h1-2,4-5,7-10,29,34,38-41,60H,3,6,11-28,30-32,50H2,51H3,(H8-,52,53,55,56,57,58,59,61,62,63,64,65,66,67,68,69,70)/p+1/t34?,38-,39-,40-,41-/m0/s1. The number of nitrogens with zero attached hydrogens (tertiary/aromatic N) is 1. The van der Waals surface area contributed by atoms with E-state index >= 15 is 0 Å². The molecular formula is C49H75N10O18+. The van der Waals surface area contributed by atoms with Gasteiger partial charge in [0.1, 0.15) is 29.9 Å². The highest BCUT2D eigenvalue weighted by atomic mass is 16.6. The van der Waals surface area contributed by atoms with Crippen molar-refractivity contribution in [1.29, 1.82) is 0 Å². The summed E-state index contributed by atoms with van der Waals surface area (Å²) < 4.78 is 32.5. The molecule has 0 spiro atoms. The second-order valence-corrected chi connectivity index (χ2v) is 17.0. The highest BCUT2D eigenvalue weighted by molar-refractivity contribution is 5.96. The Kier molecular flexibility index (Phi) is 32.5. The van der Waals surface area contributed by atoms with E-state index in [0.717, 1.165) is 5.56 Å². The Hall–Kier alpha value is -6.73. The van der Waals surface area contributed by atoms with Crippen molar-refractivity contribution in [2.75, 3.05) is 119 Å². The maximum absolute atomic E-state index is 14.1.